The van der Waals surface area contributed by atoms with Crippen LogP contribution in [0.15, 0.2) is 65.4 Å². The fraction of sp³-hybridized carbons (Fsp3) is 0.259. The number of ketones is 1. The Morgan fingerprint density at radius 1 is 1.00 bits per heavy atom. The lowest BCUT2D eigenvalue weighted by Crippen LogP contribution is -2.11. The van der Waals surface area contributed by atoms with Crippen LogP contribution in [0.5, 0.6) is 11.5 Å². The zero-order valence-corrected chi connectivity index (χ0v) is 18.8. The summed E-state index contributed by atoms with van der Waals surface area (Å²) in [5.41, 5.74) is 3.34. The molecule has 0 radical (unpaired) electrons. The molecule has 0 amide bonds. The summed E-state index contributed by atoms with van der Waals surface area (Å²) in [4.78, 5) is 16.9. The molecule has 0 spiro atoms. The molecule has 0 N–H and O–H groups in total. The number of pyridine rings is 1. The summed E-state index contributed by atoms with van der Waals surface area (Å²) in [6.45, 7) is 4.04. The molecular weight excluding hydrogens is 421 g/mol. The van der Waals surface area contributed by atoms with Gasteiger partial charge in [0.2, 0.25) is 5.75 Å². The van der Waals surface area contributed by atoms with Crippen LogP contribution in [-0.4, -0.2) is 24.0 Å². The van der Waals surface area contributed by atoms with Gasteiger partial charge in [-0.3, -0.25) is 9.78 Å². The van der Waals surface area contributed by atoms with Crippen molar-refractivity contribution in [2.45, 2.75) is 33.1 Å². The third-order valence-corrected chi connectivity index (χ3v) is 5.56. The number of fused-ring (bicyclic) bond motifs is 1. The van der Waals surface area contributed by atoms with E-state index in [0.717, 1.165) is 16.6 Å². The van der Waals surface area contributed by atoms with E-state index in [1.807, 2.05) is 37.3 Å². The van der Waals surface area contributed by atoms with Gasteiger partial charge in [0, 0.05) is 23.7 Å². The number of carbonyl (C=O) groups excluding carboxylic acids is 1. The van der Waals surface area contributed by atoms with Crippen LogP contribution in [0, 0.1) is 12.7 Å². The average molecular weight is 448 g/mol. The molecule has 6 heteroatoms. The Morgan fingerprint density at radius 3 is 2.55 bits per heavy atom. The quantitative estimate of drug-likeness (QED) is 0.217. The Hall–Kier alpha value is -3.67. The van der Waals surface area contributed by atoms with Crippen molar-refractivity contribution in [1.29, 1.82) is 0 Å². The molecule has 2 heterocycles. The summed E-state index contributed by atoms with van der Waals surface area (Å²) >= 11 is 0. The minimum Gasteiger partial charge on any atom is -0.488 e. The predicted molar refractivity (Wildman–Crippen MR) is 125 cm³/mol. The standard InChI is InChI=1S/C27H26FNO4/c1-18-22-13-17-32-25(22)27(31-15-7-9-20-8-3-4-11-23(20)28)26(24(18)19(2)30)33-16-12-21-10-5-6-14-29-21/h3-6,8,10-11,13-14,17H,7,9,12,15-16H2,1-2H3. The highest BCUT2D eigenvalue weighted by molar-refractivity contribution is 6.05. The summed E-state index contributed by atoms with van der Waals surface area (Å²) in [6, 6.07) is 14.2. The molecule has 5 nitrogen and oxygen atoms in total. The Balaban J connectivity index is 1.58. The smallest absolute Gasteiger partial charge is 0.205 e. The molecule has 0 saturated carbocycles. The monoisotopic (exact) mass is 447 g/mol. The Kier molecular flexibility index (Phi) is 7.03. The first kappa shape index (κ1) is 22.5. The number of aromatic nitrogens is 1. The molecule has 0 bridgehead atoms. The molecule has 0 atom stereocenters. The lowest BCUT2D eigenvalue weighted by atomic mass is 9.99. The minimum atomic E-state index is -0.223. The summed E-state index contributed by atoms with van der Waals surface area (Å²) in [5.74, 6) is 0.447. The number of halogens is 1. The van der Waals surface area contributed by atoms with Crippen molar-refractivity contribution >= 4 is 16.8 Å². The molecule has 0 aliphatic rings. The highest BCUT2D eigenvalue weighted by Gasteiger charge is 2.24. The van der Waals surface area contributed by atoms with Crippen molar-refractivity contribution < 1.29 is 23.1 Å². The first-order chi connectivity index (χ1) is 16.1. The van der Waals surface area contributed by atoms with Gasteiger partial charge in [-0.15, -0.1) is 0 Å². The van der Waals surface area contributed by atoms with E-state index in [9.17, 15) is 9.18 Å². The number of benzene rings is 2. The predicted octanol–water partition coefficient (Wildman–Crippen LogP) is 6.11. The summed E-state index contributed by atoms with van der Waals surface area (Å²) in [6.07, 6.45) is 5.03. The van der Waals surface area contributed by atoms with Gasteiger partial charge in [0.15, 0.2) is 17.1 Å². The molecule has 4 aromatic rings. The maximum atomic E-state index is 13.9. The first-order valence-electron chi connectivity index (χ1n) is 11.0. The van der Waals surface area contributed by atoms with Gasteiger partial charge in [-0.05, 0) is 62.1 Å². The molecular formula is C27H26FNO4. The number of hydrogen-bond donors (Lipinski definition) is 0. The molecule has 33 heavy (non-hydrogen) atoms. The van der Waals surface area contributed by atoms with Gasteiger partial charge in [-0.25, -0.2) is 4.39 Å². The number of hydrogen-bond acceptors (Lipinski definition) is 5. The Labute approximate surface area is 192 Å². The Morgan fingerprint density at radius 2 is 1.79 bits per heavy atom. The molecule has 0 saturated heterocycles. The molecule has 0 fully saturated rings. The van der Waals surface area contributed by atoms with E-state index in [-0.39, 0.29) is 11.6 Å². The summed E-state index contributed by atoms with van der Waals surface area (Å²) in [5, 5.41) is 0.807. The van der Waals surface area contributed by atoms with E-state index in [4.69, 9.17) is 13.9 Å². The number of ether oxygens (including phenoxy) is 2. The van der Waals surface area contributed by atoms with Crippen molar-refractivity contribution in [2.24, 2.45) is 0 Å². The largest absolute Gasteiger partial charge is 0.488 e. The van der Waals surface area contributed by atoms with Crippen molar-refractivity contribution in [3.63, 3.8) is 0 Å². The average Bonchev–Trinajstić information content (AvgIpc) is 3.30. The van der Waals surface area contributed by atoms with Crippen LogP contribution in [0.1, 0.15) is 40.5 Å². The number of aryl methyl sites for hydroxylation is 2. The minimum absolute atomic E-state index is 0.111. The normalized spacial score (nSPS) is 11.0. The second kappa shape index (κ2) is 10.3. The van der Waals surface area contributed by atoms with E-state index >= 15 is 0 Å². The molecule has 0 aliphatic heterocycles. The van der Waals surface area contributed by atoms with E-state index < -0.39 is 0 Å². The Bertz CT molecular complexity index is 1250. The van der Waals surface area contributed by atoms with Crippen LogP contribution in [-0.2, 0) is 12.8 Å². The lowest BCUT2D eigenvalue weighted by molar-refractivity contribution is 0.101. The summed E-state index contributed by atoms with van der Waals surface area (Å²) < 4.78 is 31.9. The number of carbonyl (C=O) groups is 1. The first-order valence-corrected chi connectivity index (χ1v) is 11.0. The fourth-order valence-corrected chi connectivity index (χ4v) is 3.94. The van der Waals surface area contributed by atoms with Gasteiger partial charge in [-0.2, -0.15) is 0 Å². The highest BCUT2D eigenvalue weighted by atomic mass is 19.1. The maximum absolute atomic E-state index is 13.9. The van der Waals surface area contributed by atoms with Gasteiger partial charge >= 0.3 is 0 Å². The van der Waals surface area contributed by atoms with E-state index in [2.05, 4.69) is 4.98 Å². The van der Waals surface area contributed by atoms with Crippen LogP contribution in [0.4, 0.5) is 4.39 Å². The van der Waals surface area contributed by atoms with Crippen molar-refractivity contribution in [1.82, 2.24) is 4.98 Å². The zero-order chi connectivity index (χ0) is 23.2. The molecule has 170 valence electrons. The van der Waals surface area contributed by atoms with Crippen LogP contribution >= 0.6 is 0 Å². The van der Waals surface area contributed by atoms with Gasteiger partial charge in [0.1, 0.15) is 5.82 Å². The third-order valence-electron chi connectivity index (χ3n) is 5.56. The SMILES string of the molecule is CC(=O)c1c(OCCc2ccccn2)c(OCCCc2ccccc2F)c2occc2c1C. The summed E-state index contributed by atoms with van der Waals surface area (Å²) in [7, 11) is 0. The number of nitrogens with zero attached hydrogens (tertiary/aromatic N) is 1. The fourth-order valence-electron chi connectivity index (χ4n) is 3.94. The van der Waals surface area contributed by atoms with Crippen molar-refractivity contribution in [2.75, 3.05) is 13.2 Å². The van der Waals surface area contributed by atoms with Crippen LogP contribution in [0.3, 0.4) is 0 Å². The van der Waals surface area contributed by atoms with Crippen molar-refractivity contribution in [3.05, 3.63) is 89.2 Å². The third kappa shape index (κ3) is 5.06. The topological polar surface area (TPSA) is 61.6 Å². The van der Waals surface area contributed by atoms with E-state index in [1.54, 1.807) is 24.6 Å². The zero-order valence-electron chi connectivity index (χ0n) is 18.8. The van der Waals surface area contributed by atoms with Gasteiger partial charge in [-0.1, -0.05) is 24.3 Å². The molecule has 0 unspecified atom stereocenters. The molecule has 0 aliphatic carbocycles. The van der Waals surface area contributed by atoms with Crippen LogP contribution in [0.2, 0.25) is 0 Å². The van der Waals surface area contributed by atoms with Crippen LogP contribution < -0.4 is 9.47 Å². The molecule has 2 aromatic heterocycles. The van der Waals surface area contributed by atoms with Gasteiger partial charge in [0.05, 0.1) is 25.0 Å². The van der Waals surface area contributed by atoms with E-state index in [1.165, 1.54) is 13.0 Å². The second-order valence-corrected chi connectivity index (χ2v) is 7.84. The van der Waals surface area contributed by atoms with Gasteiger partial charge < -0.3 is 13.9 Å². The van der Waals surface area contributed by atoms with Crippen LogP contribution in [0.25, 0.3) is 11.0 Å². The molecule has 2 aromatic carbocycles. The van der Waals surface area contributed by atoms with Gasteiger partial charge in [0.25, 0.3) is 0 Å². The second-order valence-electron chi connectivity index (χ2n) is 7.84. The number of furan rings is 1. The van der Waals surface area contributed by atoms with E-state index in [0.29, 0.717) is 60.7 Å². The number of Topliss-reactive ketones (excluding diaryl/α,β-unsaturated/α-hetero) is 1. The number of rotatable bonds is 10. The maximum Gasteiger partial charge on any atom is 0.205 e. The van der Waals surface area contributed by atoms with Crippen molar-refractivity contribution in [3.8, 4) is 11.5 Å². The highest BCUT2D eigenvalue weighted by Crippen LogP contribution is 2.43. The molecule has 4 rings (SSSR count). The lowest BCUT2D eigenvalue weighted by Gasteiger charge is -2.18.